The van der Waals surface area contributed by atoms with Crippen LogP contribution in [0.4, 0.5) is 11.4 Å². The summed E-state index contributed by atoms with van der Waals surface area (Å²) in [6.07, 6.45) is 6.66. The number of rotatable bonds is 14. The first kappa shape index (κ1) is 36.8. The highest BCUT2D eigenvalue weighted by Crippen LogP contribution is 2.16. The molecule has 0 saturated carbocycles. The van der Waals surface area contributed by atoms with Crippen molar-refractivity contribution in [1.82, 2.24) is 0 Å². The molecule has 3 aromatic rings. The summed E-state index contributed by atoms with van der Waals surface area (Å²) in [7, 11) is 0. The predicted molar refractivity (Wildman–Crippen MR) is 185 cm³/mol. The van der Waals surface area contributed by atoms with Gasteiger partial charge in [0, 0.05) is 24.6 Å². The van der Waals surface area contributed by atoms with Crippen molar-refractivity contribution in [3.8, 4) is 0 Å². The first-order chi connectivity index (χ1) is 22.9. The van der Waals surface area contributed by atoms with E-state index in [2.05, 4.69) is 9.98 Å². The van der Waals surface area contributed by atoms with E-state index in [1.807, 2.05) is 72.8 Å². The summed E-state index contributed by atoms with van der Waals surface area (Å²) in [6, 6.07) is 22.3. The quantitative estimate of drug-likeness (QED) is 0.0789. The van der Waals surface area contributed by atoms with E-state index < -0.39 is 36.1 Å². The van der Waals surface area contributed by atoms with Gasteiger partial charge in [-0.25, -0.2) is 19.2 Å². The standard InChI is InChI=1S/C38H40N2O8/c1-25(2)45-37(43)27(5)47-35(41)21-15-29-11-17-33(18-12-29)39-23-31-7-9-32(10-8-31)24-40-34-19-13-30(14-20-34)16-22-36(42)48-28(6)38(44)46-26(3)4/h7-28H,1-6H3/b21-15+,22-16+,39-23?,40-24?/t27-,28-/m0/s1. The number of hydrogen-bond acceptors (Lipinski definition) is 10. The van der Waals surface area contributed by atoms with Crippen molar-refractivity contribution in [3.63, 3.8) is 0 Å². The zero-order chi connectivity index (χ0) is 35.1. The van der Waals surface area contributed by atoms with E-state index >= 15 is 0 Å². The molecule has 0 radical (unpaired) electrons. The second kappa shape index (κ2) is 18.5. The maximum atomic E-state index is 12.0. The molecule has 3 aromatic carbocycles. The summed E-state index contributed by atoms with van der Waals surface area (Å²) < 4.78 is 20.2. The molecule has 2 atom stereocenters. The van der Waals surface area contributed by atoms with Gasteiger partial charge in [-0.2, -0.15) is 0 Å². The molecule has 0 heterocycles. The molecule has 0 spiro atoms. The second-order valence-corrected chi connectivity index (χ2v) is 11.2. The van der Waals surface area contributed by atoms with Gasteiger partial charge >= 0.3 is 23.9 Å². The topological polar surface area (TPSA) is 130 Å². The van der Waals surface area contributed by atoms with Crippen LogP contribution in [0.1, 0.15) is 63.8 Å². The molecule has 0 fully saturated rings. The van der Waals surface area contributed by atoms with Crippen molar-refractivity contribution in [2.45, 2.75) is 66.0 Å². The highest BCUT2D eigenvalue weighted by atomic mass is 16.6. The van der Waals surface area contributed by atoms with Crippen molar-refractivity contribution >= 4 is 59.8 Å². The van der Waals surface area contributed by atoms with Crippen LogP contribution in [0.3, 0.4) is 0 Å². The van der Waals surface area contributed by atoms with Crippen LogP contribution in [0.5, 0.6) is 0 Å². The van der Waals surface area contributed by atoms with Gasteiger partial charge in [-0.1, -0.05) is 48.5 Å². The molecule has 48 heavy (non-hydrogen) atoms. The van der Waals surface area contributed by atoms with Crippen molar-refractivity contribution in [3.05, 3.63) is 107 Å². The molecule has 0 amide bonds. The fourth-order valence-electron chi connectivity index (χ4n) is 3.82. The number of carbonyl (C=O) groups excluding carboxylic acids is 4. The second-order valence-electron chi connectivity index (χ2n) is 11.2. The van der Waals surface area contributed by atoms with Gasteiger partial charge in [0.15, 0.2) is 12.2 Å². The van der Waals surface area contributed by atoms with Crippen molar-refractivity contribution < 1.29 is 38.1 Å². The summed E-state index contributed by atoms with van der Waals surface area (Å²) in [4.78, 5) is 56.6. The number of hydrogen-bond donors (Lipinski definition) is 0. The molecular formula is C38H40N2O8. The lowest BCUT2D eigenvalue weighted by Crippen LogP contribution is -2.27. The normalized spacial score (nSPS) is 13.0. The largest absolute Gasteiger partial charge is 0.460 e. The molecule has 250 valence electrons. The van der Waals surface area contributed by atoms with Crippen LogP contribution in [-0.2, 0) is 38.1 Å². The Labute approximate surface area is 280 Å². The molecule has 0 bridgehead atoms. The van der Waals surface area contributed by atoms with Crippen LogP contribution in [0.2, 0.25) is 0 Å². The number of benzene rings is 3. The minimum absolute atomic E-state index is 0.287. The Bertz CT molecular complexity index is 1530. The van der Waals surface area contributed by atoms with E-state index in [4.69, 9.17) is 18.9 Å². The van der Waals surface area contributed by atoms with Gasteiger partial charge < -0.3 is 18.9 Å². The van der Waals surface area contributed by atoms with Crippen LogP contribution in [0.25, 0.3) is 12.2 Å². The number of nitrogens with zero attached hydrogens (tertiary/aromatic N) is 2. The Balaban J connectivity index is 1.47. The Kier molecular flexibility index (Phi) is 14.2. The minimum atomic E-state index is -0.989. The summed E-state index contributed by atoms with van der Waals surface area (Å²) in [5.41, 5.74) is 4.84. The van der Waals surface area contributed by atoms with Gasteiger partial charge in [0.1, 0.15) is 0 Å². The van der Waals surface area contributed by atoms with Gasteiger partial charge in [0.2, 0.25) is 0 Å². The summed E-state index contributed by atoms with van der Waals surface area (Å²) >= 11 is 0. The van der Waals surface area contributed by atoms with Crippen LogP contribution in [-0.4, -0.2) is 60.7 Å². The SMILES string of the molecule is CC(C)OC(=O)[C@H](C)OC(=O)/C=C/c1ccc(N=Cc2ccc(C=Nc3ccc(/C=C/C(=O)O[C@@H](C)C(=O)OC(C)C)cc3)cc2)cc1. The number of aliphatic imine (C=N–C) groups is 2. The zero-order valence-corrected chi connectivity index (χ0v) is 27.9. The van der Waals surface area contributed by atoms with Crippen LogP contribution in [0.15, 0.2) is 94.9 Å². The smallest absolute Gasteiger partial charge is 0.347 e. The molecular weight excluding hydrogens is 612 g/mol. The first-order valence-corrected chi connectivity index (χ1v) is 15.4. The van der Waals surface area contributed by atoms with E-state index in [9.17, 15) is 19.2 Å². The summed E-state index contributed by atoms with van der Waals surface area (Å²) in [6.45, 7) is 9.83. The molecule has 10 nitrogen and oxygen atoms in total. The minimum Gasteiger partial charge on any atom is -0.460 e. The molecule has 0 unspecified atom stereocenters. The molecule has 0 N–H and O–H groups in total. The number of ether oxygens (including phenoxy) is 4. The number of esters is 4. The Morgan fingerprint density at radius 2 is 0.792 bits per heavy atom. The molecule has 10 heteroatoms. The average Bonchev–Trinajstić information content (AvgIpc) is 3.05. The van der Waals surface area contributed by atoms with E-state index in [0.29, 0.717) is 0 Å². The van der Waals surface area contributed by atoms with Crippen LogP contribution < -0.4 is 0 Å². The van der Waals surface area contributed by atoms with Crippen LogP contribution in [0, 0.1) is 0 Å². The van der Waals surface area contributed by atoms with E-state index in [-0.39, 0.29) is 12.2 Å². The zero-order valence-electron chi connectivity index (χ0n) is 27.9. The predicted octanol–water partition coefficient (Wildman–Crippen LogP) is 6.98. The highest BCUT2D eigenvalue weighted by molar-refractivity contribution is 5.90. The molecule has 0 aromatic heterocycles. The molecule has 0 saturated heterocycles. The van der Waals surface area contributed by atoms with E-state index in [1.54, 1.807) is 52.3 Å². The van der Waals surface area contributed by atoms with E-state index in [1.165, 1.54) is 26.0 Å². The lowest BCUT2D eigenvalue weighted by atomic mass is 10.1. The monoisotopic (exact) mass is 652 g/mol. The van der Waals surface area contributed by atoms with Crippen molar-refractivity contribution in [2.24, 2.45) is 9.98 Å². The Morgan fingerprint density at radius 1 is 0.479 bits per heavy atom. The van der Waals surface area contributed by atoms with Gasteiger partial charge in [-0.05, 0) is 100 Å². The Morgan fingerprint density at radius 3 is 1.10 bits per heavy atom. The lowest BCUT2D eigenvalue weighted by Gasteiger charge is -2.13. The van der Waals surface area contributed by atoms with Gasteiger partial charge in [-0.15, -0.1) is 0 Å². The summed E-state index contributed by atoms with van der Waals surface area (Å²) in [5, 5.41) is 0. The van der Waals surface area contributed by atoms with Crippen molar-refractivity contribution in [1.29, 1.82) is 0 Å². The molecule has 0 aliphatic rings. The fraction of sp³-hybridized carbons (Fsp3) is 0.263. The highest BCUT2D eigenvalue weighted by Gasteiger charge is 2.20. The molecule has 0 aliphatic heterocycles. The Hall–Kier alpha value is -5.64. The third-order valence-electron chi connectivity index (χ3n) is 6.23. The maximum absolute atomic E-state index is 12.0. The van der Waals surface area contributed by atoms with Crippen molar-refractivity contribution in [2.75, 3.05) is 0 Å². The maximum Gasteiger partial charge on any atom is 0.347 e. The lowest BCUT2D eigenvalue weighted by molar-refractivity contribution is -0.166. The number of carbonyl (C=O) groups is 4. The fourth-order valence-corrected chi connectivity index (χ4v) is 3.82. The van der Waals surface area contributed by atoms with E-state index in [0.717, 1.165) is 33.6 Å². The molecule has 3 rings (SSSR count). The van der Waals surface area contributed by atoms with Gasteiger partial charge in [0.05, 0.1) is 23.6 Å². The first-order valence-electron chi connectivity index (χ1n) is 15.4. The molecule has 0 aliphatic carbocycles. The van der Waals surface area contributed by atoms with Gasteiger partial charge in [0.25, 0.3) is 0 Å². The average molecular weight is 653 g/mol. The summed E-state index contributed by atoms with van der Waals surface area (Å²) in [5.74, 6) is -2.46. The van der Waals surface area contributed by atoms with Gasteiger partial charge in [-0.3, -0.25) is 9.98 Å². The third kappa shape index (κ3) is 13.4. The van der Waals surface area contributed by atoms with Crippen LogP contribution >= 0.6 is 0 Å². The third-order valence-corrected chi connectivity index (χ3v) is 6.23.